The number of hydrogen-bond acceptors (Lipinski definition) is 4. The molecule has 1 aliphatic carbocycles. The normalized spacial score (nSPS) is 14.7. The highest BCUT2D eigenvalue weighted by atomic mass is 32.2. The fourth-order valence-corrected chi connectivity index (χ4v) is 6.73. The minimum absolute atomic E-state index is 0.00930. The van der Waals surface area contributed by atoms with Crippen LogP contribution in [0.5, 0.6) is 0 Å². The molecule has 1 aliphatic rings. The Hall–Kier alpha value is -3.72. The summed E-state index contributed by atoms with van der Waals surface area (Å²) in [4.78, 5) is 29.1. The quantitative estimate of drug-likeness (QED) is 0.315. The summed E-state index contributed by atoms with van der Waals surface area (Å²) < 4.78 is 42.3. The van der Waals surface area contributed by atoms with Crippen LogP contribution in [0.15, 0.2) is 89.8 Å². The molecule has 0 radical (unpaired) electrons. The average molecular weight is 580 g/mol. The molecule has 7 nitrogen and oxygen atoms in total. The largest absolute Gasteiger partial charge is 0.352 e. The number of nitrogens with zero attached hydrogens (tertiary/aromatic N) is 2. The lowest BCUT2D eigenvalue weighted by Crippen LogP contribution is -2.54. The van der Waals surface area contributed by atoms with E-state index in [-0.39, 0.29) is 29.1 Å². The fourth-order valence-electron chi connectivity index (χ4n) is 5.30. The third-order valence-corrected chi connectivity index (χ3v) is 9.33. The van der Waals surface area contributed by atoms with Gasteiger partial charge < -0.3 is 10.2 Å². The number of rotatable bonds is 12. The number of nitrogens with one attached hydrogen (secondary N) is 1. The lowest BCUT2D eigenvalue weighted by atomic mass is 9.95. The predicted molar refractivity (Wildman–Crippen MR) is 158 cm³/mol. The van der Waals surface area contributed by atoms with Crippen molar-refractivity contribution in [3.8, 4) is 0 Å². The van der Waals surface area contributed by atoms with Crippen molar-refractivity contribution in [3.05, 3.63) is 96.3 Å². The van der Waals surface area contributed by atoms with Crippen molar-refractivity contribution in [2.45, 2.75) is 68.8 Å². The van der Waals surface area contributed by atoms with Crippen LogP contribution in [0.4, 0.5) is 10.1 Å². The first-order valence-corrected chi connectivity index (χ1v) is 15.7. The zero-order valence-corrected chi connectivity index (χ0v) is 24.2. The van der Waals surface area contributed by atoms with Gasteiger partial charge in [0.25, 0.3) is 10.0 Å². The zero-order valence-electron chi connectivity index (χ0n) is 23.4. The molecule has 0 bridgehead atoms. The second-order valence-corrected chi connectivity index (χ2v) is 12.3. The van der Waals surface area contributed by atoms with E-state index in [0.717, 1.165) is 54.1 Å². The van der Waals surface area contributed by atoms with E-state index in [1.165, 1.54) is 29.2 Å². The van der Waals surface area contributed by atoms with Crippen LogP contribution in [-0.4, -0.2) is 50.3 Å². The molecule has 1 N–H and O–H groups in total. The molecule has 3 aromatic rings. The summed E-state index contributed by atoms with van der Waals surface area (Å²) in [7, 11) is -4.18. The van der Waals surface area contributed by atoms with Crippen LogP contribution in [0.1, 0.15) is 51.0 Å². The SMILES string of the molecule is CCC(C(=O)NC1CCCCC1)N(CCc1ccccc1)C(=O)CN(c1ccc(F)cc1)S(=O)(=O)c1ccccc1. The molecule has 41 heavy (non-hydrogen) atoms. The highest BCUT2D eigenvalue weighted by Crippen LogP contribution is 2.25. The molecule has 218 valence electrons. The molecule has 0 heterocycles. The molecule has 3 aromatic carbocycles. The van der Waals surface area contributed by atoms with Gasteiger partial charge in [-0.15, -0.1) is 0 Å². The van der Waals surface area contributed by atoms with Crippen molar-refractivity contribution in [1.82, 2.24) is 10.2 Å². The first kappa shape index (κ1) is 30.2. The second kappa shape index (κ2) is 14.3. The first-order chi connectivity index (χ1) is 19.8. The Kier molecular flexibility index (Phi) is 10.5. The summed E-state index contributed by atoms with van der Waals surface area (Å²) in [5.74, 6) is -1.25. The maximum Gasteiger partial charge on any atom is 0.264 e. The molecular weight excluding hydrogens is 541 g/mol. The monoisotopic (exact) mass is 579 g/mol. The lowest BCUT2D eigenvalue weighted by molar-refractivity contribution is -0.140. The maximum absolute atomic E-state index is 14.1. The van der Waals surface area contributed by atoms with Gasteiger partial charge in [-0.1, -0.05) is 74.7 Å². The number of amides is 2. The Morgan fingerprint density at radius 2 is 1.51 bits per heavy atom. The molecule has 9 heteroatoms. The second-order valence-electron chi connectivity index (χ2n) is 10.4. The molecule has 0 spiro atoms. The van der Waals surface area contributed by atoms with Gasteiger partial charge in [0.2, 0.25) is 11.8 Å². The van der Waals surface area contributed by atoms with E-state index in [0.29, 0.717) is 12.8 Å². The Labute approximate surface area is 242 Å². The maximum atomic E-state index is 14.1. The predicted octanol–water partition coefficient (Wildman–Crippen LogP) is 5.32. The summed E-state index contributed by atoms with van der Waals surface area (Å²) in [6.45, 7) is 1.55. The number of anilines is 1. The van der Waals surface area contributed by atoms with Gasteiger partial charge in [0.05, 0.1) is 10.6 Å². The topological polar surface area (TPSA) is 86.8 Å². The van der Waals surface area contributed by atoms with Crippen molar-refractivity contribution in [2.75, 3.05) is 17.4 Å². The van der Waals surface area contributed by atoms with Gasteiger partial charge in [0.1, 0.15) is 18.4 Å². The standard InChI is InChI=1S/C32H38FN3O4S/c1-2-30(32(38)34-27-14-8-4-9-15-27)35(23-22-25-12-6-3-7-13-25)31(37)24-36(28-20-18-26(33)19-21-28)41(39,40)29-16-10-5-11-17-29/h3,5-7,10-13,16-21,27,30H,2,4,8-9,14-15,22-24H2,1H3,(H,34,38). The van der Waals surface area contributed by atoms with E-state index in [1.54, 1.807) is 18.2 Å². The number of hydrogen-bond donors (Lipinski definition) is 1. The van der Waals surface area contributed by atoms with E-state index >= 15 is 0 Å². The molecule has 0 saturated heterocycles. The number of benzene rings is 3. The van der Waals surface area contributed by atoms with Crippen LogP contribution in [0.25, 0.3) is 0 Å². The van der Waals surface area contributed by atoms with E-state index in [4.69, 9.17) is 0 Å². The molecule has 1 saturated carbocycles. The van der Waals surface area contributed by atoms with Crippen molar-refractivity contribution >= 4 is 27.5 Å². The number of sulfonamides is 1. The van der Waals surface area contributed by atoms with Crippen LogP contribution in [-0.2, 0) is 26.0 Å². The number of carbonyl (C=O) groups is 2. The van der Waals surface area contributed by atoms with Crippen LogP contribution < -0.4 is 9.62 Å². The van der Waals surface area contributed by atoms with Gasteiger partial charge in [-0.3, -0.25) is 13.9 Å². The van der Waals surface area contributed by atoms with Crippen molar-refractivity contribution < 1.29 is 22.4 Å². The Morgan fingerprint density at radius 3 is 2.12 bits per heavy atom. The molecule has 1 atom stereocenters. The Morgan fingerprint density at radius 1 is 0.902 bits per heavy atom. The molecule has 4 rings (SSSR count). The molecule has 1 fully saturated rings. The van der Waals surface area contributed by atoms with Gasteiger partial charge in [-0.25, -0.2) is 12.8 Å². The smallest absolute Gasteiger partial charge is 0.264 e. The Balaban J connectivity index is 1.65. The molecule has 0 aliphatic heterocycles. The van der Waals surface area contributed by atoms with Gasteiger partial charge in [0.15, 0.2) is 0 Å². The summed E-state index contributed by atoms with van der Waals surface area (Å²) in [5, 5.41) is 3.14. The Bertz CT molecular complexity index is 1380. The van der Waals surface area contributed by atoms with Crippen molar-refractivity contribution in [3.63, 3.8) is 0 Å². The van der Waals surface area contributed by atoms with E-state index in [1.807, 2.05) is 37.3 Å². The number of halogens is 1. The van der Waals surface area contributed by atoms with E-state index in [9.17, 15) is 22.4 Å². The first-order valence-electron chi connectivity index (χ1n) is 14.3. The third kappa shape index (κ3) is 7.94. The summed E-state index contributed by atoms with van der Waals surface area (Å²) in [5.41, 5.74) is 1.16. The van der Waals surface area contributed by atoms with Crippen LogP contribution in [0.2, 0.25) is 0 Å². The van der Waals surface area contributed by atoms with Gasteiger partial charge in [-0.05, 0) is 67.6 Å². The van der Waals surface area contributed by atoms with E-state index < -0.39 is 34.3 Å². The lowest BCUT2D eigenvalue weighted by Gasteiger charge is -2.34. The van der Waals surface area contributed by atoms with Crippen molar-refractivity contribution in [2.24, 2.45) is 0 Å². The minimum Gasteiger partial charge on any atom is -0.352 e. The molecule has 0 aromatic heterocycles. The van der Waals surface area contributed by atoms with Gasteiger partial charge in [0, 0.05) is 12.6 Å². The van der Waals surface area contributed by atoms with Crippen LogP contribution >= 0.6 is 0 Å². The summed E-state index contributed by atoms with van der Waals surface area (Å²) in [6, 6.07) is 21.8. The highest BCUT2D eigenvalue weighted by Gasteiger charge is 2.34. The molecular formula is C32H38FN3O4S. The zero-order chi connectivity index (χ0) is 29.2. The average Bonchev–Trinajstić information content (AvgIpc) is 2.99. The minimum atomic E-state index is -4.18. The third-order valence-electron chi connectivity index (χ3n) is 7.55. The fraction of sp³-hybridized carbons (Fsp3) is 0.375. The molecule has 2 amide bonds. The van der Waals surface area contributed by atoms with Crippen molar-refractivity contribution in [1.29, 1.82) is 0 Å². The van der Waals surface area contributed by atoms with E-state index in [2.05, 4.69) is 5.32 Å². The van der Waals surface area contributed by atoms with Crippen LogP contribution in [0.3, 0.4) is 0 Å². The number of carbonyl (C=O) groups excluding carboxylic acids is 2. The van der Waals surface area contributed by atoms with Crippen LogP contribution in [0, 0.1) is 5.82 Å². The summed E-state index contributed by atoms with van der Waals surface area (Å²) in [6.07, 6.45) is 5.97. The molecule has 1 unspecified atom stereocenters. The summed E-state index contributed by atoms with van der Waals surface area (Å²) >= 11 is 0. The highest BCUT2D eigenvalue weighted by molar-refractivity contribution is 7.92. The van der Waals surface area contributed by atoms with Gasteiger partial charge in [-0.2, -0.15) is 0 Å². The van der Waals surface area contributed by atoms with Gasteiger partial charge >= 0.3 is 0 Å².